The van der Waals surface area contributed by atoms with Crippen LogP contribution in [-0.2, 0) is 27.5 Å². The Labute approximate surface area is 207 Å². The first-order valence-corrected chi connectivity index (χ1v) is 11.3. The van der Waals surface area contributed by atoms with Gasteiger partial charge in [0.25, 0.3) is 0 Å². The van der Waals surface area contributed by atoms with Gasteiger partial charge in [0, 0.05) is 29.0 Å². The molecule has 0 saturated heterocycles. The Kier molecular flexibility index (Phi) is 7.05. The van der Waals surface area contributed by atoms with Crippen LogP contribution in [0.1, 0.15) is 23.0 Å². The first-order valence-electron chi connectivity index (χ1n) is 11.3. The normalized spacial score (nSPS) is 14.3. The van der Waals surface area contributed by atoms with Gasteiger partial charge in [-0.1, -0.05) is 36.4 Å². The average Bonchev–Trinajstić information content (AvgIpc) is 2.92. The van der Waals surface area contributed by atoms with Crippen molar-refractivity contribution in [2.75, 3.05) is 6.61 Å². The number of halogens is 1. The van der Waals surface area contributed by atoms with Crippen LogP contribution in [0, 0.1) is 5.82 Å². The lowest BCUT2D eigenvalue weighted by Gasteiger charge is -2.28. The second-order valence-corrected chi connectivity index (χ2v) is 7.92. The van der Waals surface area contributed by atoms with E-state index in [0.717, 1.165) is 5.56 Å². The van der Waals surface area contributed by atoms with Crippen LogP contribution < -0.4 is 14.2 Å². The van der Waals surface area contributed by atoms with Gasteiger partial charge in [-0.05, 0) is 42.5 Å². The van der Waals surface area contributed by atoms with Crippen molar-refractivity contribution in [2.45, 2.75) is 19.5 Å². The van der Waals surface area contributed by atoms with E-state index in [2.05, 4.69) is 4.98 Å². The van der Waals surface area contributed by atoms with Gasteiger partial charge in [0.1, 0.15) is 29.7 Å². The van der Waals surface area contributed by atoms with E-state index >= 15 is 0 Å². The molecule has 3 aromatic carbocycles. The Morgan fingerprint density at radius 1 is 0.972 bits per heavy atom. The fourth-order valence-electron chi connectivity index (χ4n) is 3.63. The molecule has 4 aromatic rings. The van der Waals surface area contributed by atoms with Crippen molar-refractivity contribution in [3.8, 4) is 23.1 Å². The van der Waals surface area contributed by atoms with E-state index < -0.39 is 18.1 Å². The number of carbonyl (C=O) groups is 1. The Morgan fingerprint density at radius 2 is 1.75 bits per heavy atom. The number of esters is 1. The molecule has 7 nitrogen and oxygen atoms in total. The molecule has 182 valence electrons. The summed E-state index contributed by atoms with van der Waals surface area (Å²) in [6.45, 7) is -0.300. The fraction of sp³-hybridized carbons (Fsp3) is 0.143. The second kappa shape index (κ2) is 10.9. The van der Waals surface area contributed by atoms with Gasteiger partial charge in [-0.25, -0.2) is 14.2 Å². The predicted octanol–water partition coefficient (Wildman–Crippen LogP) is 5.74. The Bertz CT molecular complexity index is 1320. The number of hydrogen-bond acceptors (Lipinski definition) is 7. The highest BCUT2D eigenvalue weighted by Crippen LogP contribution is 2.36. The highest BCUT2D eigenvalue weighted by Gasteiger charge is 2.25. The number of rotatable bonds is 8. The van der Waals surface area contributed by atoms with Crippen molar-refractivity contribution < 1.29 is 32.9 Å². The summed E-state index contributed by atoms with van der Waals surface area (Å²) in [5.74, 6) is 0.906. The fourth-order valence-corrected chi connectivity index (χ4v) is 3.63. The summed E-state index contributed by atoms with van der Waals surface area (Å²) in [7, 11) is 0. The number of benzene rings is 3. The third-order valence-corrected chi connectivity index (χ3v) is 5.32. The van der Waals surface area contributed by atoms with Crippen LogP contribution in [0.15, 0.2) is 91.1 Å². The predicted molar refractivity (Wildman–Crippen MR) is 127 cm³/mol. The third kappa shape index (κ3) is 5.79. The first kappa shape index (κ1) is 23.3. The lowest BCUT2D eigenvalue weighted by Crippen LogP contribution is -2.20. The SMILES string of the molecule is O=C(COc1ccc(Oc2ccccn2)cc1)OCc1cc(F)cc2c1O[C@@H](c1ccccc1)OC2. The lowest BCUT2D eigenvalue weighted by molar-refractivity contribution is -0.147. The van der Waals surface area contributed by atoms with Gasteiger partial charge in [0.05, 0.1) is 6.61 Å². The quantitative estimate of drug-likeness (QED) is 0.293. The van der Waals surface area contributed by atoms with Crippen molar-refractivity contribution >= 4 is 5.97 Å². The van der Waals surface area contributed by atoms with E-state index in [1.165, 1.54) is 12.1 Å². The van der Waals surface area contributed by atoms with Crippen molar-refractivity contribution in [3.05, 3.63) is 114 Å². The summed E-state index contributed by atoms with van der Waals surface area (Å²) in [6, 6.07) is 24.2. The standard InChI is InChI=1S/C28H22FNO6/c29-22-14-20(27-21(15-22)17-34-28(36-27)19-6-2-1-3-7-19)16-33-26(31)18-32-23-9-11-24(12-10-23)35-25-8-4-5-13-30-25/h1-15,28H,16-18H2/t28-/m0/s1. The maximum absolute atomic E-state index is 14.1. The number of pyridine rings is 1. The van der Waals surface area contributed by atoms with Crippen LogP contribution >= 0.6 is 0 Å². The molecule has 0 saturated carbocycles. The van der Waals surface area contributed by atoms with Crippen LogP contribution in [0.4, 0.5) is 4.39 Å². The van der Waals surface area contributed by atoms with Crippen molar-refractivity contribution in [3.63, 3.8) is 0 Å². The van der Waals surface area contributed by atoms with E-state index in [1.807, 2.05) is 36.4 Å². The molecule has 1 aromatic heterocycles. The molecule has 0 aliphatic carbocycles. The van der Waals surface area contributed by atoms with E-state index in [0.29, 0.717) is 34.3 Å². The van der Waals surface area contributed by atoms with Gasteiger partial charge in [-0.15, -0.1) is 0 Å². The molecule has 2 heterocycles. The van der Waals surface area contributed by atoms with Crippen LogP contribution in [0.2, 0.25) is 0 Å². The minimum absolute atomic E-state index is 0.166. The summed E-state index contributed by atoms with van der Waals surface area (Å²) >= 11 is 0. The van der Waals surface area contributed by atoms with Crippen molar-refractivity contribution in [2.24, 2.45) is 0 Å². The van der Waals surface area contributed by atoms with Gasteiger partial charge in [-0.2, -0.15) is 0 Å². The highest BCUT2D eigenvalue weighted by atomic mass is 19.1. The highest BCUT2D eigenvalue weighted by molar-refractivity contribution is 5.71. The molecule has 0 fully saturated rings. The van der Waals surface area contributed by atoms with E-state index in [1.54, 1.807) is 42.6 Å². The molecule has 5 rings (SSSR count). The number of ether oxygens (including phenoxy) is 5. The lowest BCUT2D eigenvalue weighted by atomic mass is 10.1. The van der Waals surface area contributed by atoms with Gasteiger partial charge in [-0.3, -0.25) is 0 Å². The van der Waals surface area contributed by atoms with Crippen LogP contribution in [0.3, 0.4) is 0 Å². The molecule has 0 N–H and O–H groups in total. The Morgan fingerprint density at radius 3 is 2.53 bits per heavy atom. The third-order valence-electron chi connectivity index (χ3n) is 5.32. The molecule has 8 heteroatoms. The number of carbonyl (C=O) groups excluding carboxylic acids is 1. The van der Waals surface area contributed by atoms with Gasteiger partial charge < -0.3 is 23.7 Å². The summed E-state index contributed by atoms with van der Waals surface area (Å²) in [5.41, 5.74) is 1.80. The maximum Gasteiger partial charge on any atom is 0.344 e. The topological polar surface area (TPSA) is 76.1 Å². The first-order chi connectivity index (χ1) is 17.6. The van der Waals surface area contributed by atoms with E-state index in [-0.39, 0.29) is 19.8 Å². The Hall–Kier alpha value is -4.43. The van der Waals surface area contributed by atoms with Gasteiger partial charge in [0.15, 0.2) is 6.61 Å². The molecule has 36 heavy (non-hydrogen) atoms. The molecule has 0 amide bonds. The molecule has 0 radical (unpaired) electrons. The van der Waals surface area contributed by atoms with Crippen LogP contribution in [0.25, 0.3) is 0 Å². The molecular weight excluding hydrogens is 465 g/mol. The van der Waals surface area contributed by atoms with Crippen molar-refractivity contribution in [1.29, 1.82) is 0 Å². The van der Waals surface area contributed by atoms with E-state index in [4.69, 9.17) is 23.7 Å². The summed E-state index contributed by atoms with van der Waals surface area (Å²) < 4.78 is 42.3. The van der Waals surface area contributed by atoms with Gasteiger partial charge in [0.2, 0.25) is 12.2 Å². The van der Waals surface area contributed by atoms with Crippen molar-refractivity contribution in [1.82, 2.24) is 4.98 Å². The molecule has 1 aliphatic rings. The minimum atomic E-state index is -0.633. The smallest absolute Gasteiger partial charge is 0.344 e. The zero-order valence-corrected chi connectivity index (χ0v) is 19.1. The number of aromatic nitrogens is 1. The molecule has 1 atom stereocenters. The van der Waals surface area contributed by atoms with Crippen LogP contribution in [0.5, 0.6) is 23.1 Å². The second-order valence-electron chi connectivity index (χ2n) is 7.92. The number of hydrogen-bond donors (Lipinski definition) is 0. The molecule has 1 aliphatic heterocycles. The summed E-state index contributed by atoms with van der Waals surface area (Å²) in [6.07, 6.45) is 1.01. The zero-order chi connectivity index (χ0) is 24.7. The van der Waals surface area contributed by atoms with Crippen LogP contribution in [-0.4, -0.2) is 17.6 Å². The van der Waals surface area contributed by atoms with Gasteiger partial charge >= 0.3 is 5.97 Å². The number of nitrogens with zero attached hydrogens (tertiary/aromatic N) is 1. The maximum atomic E-state index is 14.1. The summed E-state index contributed by atoms with van der Waals surface area (Å²) in [5, 5.41) is 0. The average molecular weight is 487 g/mol. The molecule has 0 bridgehead atoms. The molecular formula is C28H22FNO6. The molecule has 0 unspecified atom stereocenters. The van der Waals surface area contributed by atoms with E-state index in [9.17, 15) is 9.18 Å². The summed E-state index contributed by atoms with van der Waals surface area (Å²) in [4.78, 5) is 16.4. The number of fused-ring (bicyclic) bond motifs is 1. The molecule has 0 spiro atoms. The minimum Gasteiger partial charge on any atom is -0.482 e. The zero-order valence-electron chi connectivity index (χ0n) is 19.1. The Balaban J connectivity index is 1.16. The largest absolute Gasteiger partial charge is 0.482 e. The monoisotopic (exact) mass is 487 g/mol.